The molecule has 1 fully saturated rings. The average Bonchev–Trinajstić information content (AvgIpc) is 3.31. The van der Waals surface area contributed by atoms with Crippen molar-refractivity contribution in [3.63, 3.8) is 0 Å². The molecule has 0 bridgehead atoms. The molecule has 0 amide bonds. The third-order valence-corrected chi connectivity index (χ3v) is 5.44. The van der Waals surface area contributed by atoms with Crippen LogP contribution in [0.15, 0.2) is 36.4 Å². The molecule has 0 atom stereocenters. The molecule has 1 aromatic carbocycles. The van der Waals surface area contributed by atoms with E-state index in [0.717, 1.165) is 22.3 Å². The first-order valence-corrected chi connectivity index (χ1v) is 9.56. The highest BCUT2D eigenvalue weighted by molar-refractivity contribution is 5.84. The third-order valence-electron chi connectivity index (χ3n) is 5.44. The van der Waals surface area contributed by atoms with Crippen LogP contribution in [-0.4, -0.2) is 38.0 Å². The Morgan fingerprint density at radius 2 is 2.03 bits per heavy atom. The van der Waals surface area contributed by atoms with Gasteiger partial charge in [-0.3, -0.25) is 5.10 Å². The molecule has 5 rings (SSSR count). The van der Waals surface area contributed by atoms with E-state index in [0.29, 0.717) is 31.7 Å². The van der Waals surface area contributed by atoms with Gasteiger partial charge in [-0.2, -0.15) is 18.9 Å². The summed E-state index contributed by atoms with van der Waals surface area (Å²) in [6.07, 6.45) is 0.652. The summed E-state index contributed by atoms with van der Waals surface area (Å²) in [5.74, 6) is -3.52. The topological polar surface area (TPSA) is 80.1 Å². The zero-order valence-corrected chi connectivity index (χ0v) is 15.8. The summed E-state index contributed by atoms with van der Waals surface area (Å²) < 4.78 is 36.9. The Balaban J connectivity index is 1.49. The lowest BCUT2D eigenvalue weighted by Crippen LogP contribution is -2.33. The number of aromatic amines is 1. The highest BCUT2D eigenvalue weighted by Crippen LogP contribution is 2.41. The largest absolute Gasteiger partial charge is 0.381 e. The third kappa shape index (κ3) is 3.11. The molecule has 150 valence electrons. The van der Waals surface area contributed by atoms with E-state index in [9.17, 15) is 0 Å². The fraction of sp³-hybridized carbons (Fsp3) is 0.350. The predicted octanol–water partition coefficient (Wildman–Crippen LogP) is 4.18. The van der Waals surface area contributed by atoms with E-state index in [2.05, 4.69) is 25.6 Å². The molecular formula is C20H20F2N6O. The Hall–Kier alpha value is -3.07. The van der Waals surface area contributed by atoms with E-state index in [1.54, 1.807) is 12.1 Å². The summed E-state index contributed by atoms with van der Waals surface area (Å²) in [6, 6.07) is 10.4. The number of rotatable bonds is 4. The van der Waals surface area contributed by atoms with E-state index >= 15 is 8.78 Å². The van der Waals surface area contributed by atoms with Gasteiger partial charge >= 0.3 is 0 Å². The van der Waals surface area contributed by atoms with Crippen molar-refractivity contribution in [3.8, 4) is 0 Å². The van der Waals surface area contributed by atoms with Gasteiger partial charge in [0.25, 0.3) is 5.92 Å². The second-order valence-electron chi connectivity index (χ2n) is 7.32. The minimum Gasteiger partial charge on any atom is -0.381 e. The number of hydrogen-bond acceptors (Lipinski definition) is 5. The Bertz CT molecular complexity index is 1180. The second-order valence-corrected chi connectivity index (χ2v) is 7.32. The van der Waals surface area contributed by atoms with Gasteiger partial charge in [0.2, 0.25) is 5.95 Å². The molecule has 1 aliphatic heterocycles. The monoisotopic (exact) mass is 398 g/mol. The van der Waals surface area contributed by atoms with Gasteiger partial charge in [0.05, 0.1) is 11.2 Å². The van der Waals surface area contributed by atoms with Crippen LogP contribution in [0.25, 0.3) is 16.6 Å². The molecule has 2 N–H and O–H groups in total. The number of hydrogen-bond donors (Lipinski definition) is 2. The number of aromatic nitrogens is 5. The molecule has 0 aliphatic carbocycles. The maximum absolute atomic E-state index is 15.2. The highest BCUT2D eigenvalue weighted by atomic mass is 19.3. The van der Waals surface area contributed by atoms with Gasteiger partial charge in [-0.05, 0) is 50.1 Å². The van der Waals surface area contributed by atoms with Crippen LogP contribution in [0.2, 0.25) is 0 Å². The predicted molar refractivity (Wildman–Crippen MR) is 105 cm³/mol. The maximum Gasteiger partial charge on any atom is 0.292 e. The second kappa shape index (κ2) is 6.77. The van der Waals surface area contributed by atoms with Gasteiger partial charge in [0, 0.05) is 30.2 Å². The normalized spacial score (nSPS) is 16.0. The summed E-state index contributed by atoms with van der Waals surface area (Å²) in [6.45, 7) is 2.64. The molecule has 7 nitrogen and oxygen atoms in total. The molecule has 1 saturated heterocycles. The first-order valence-electron chi connectivity index (χ1n) is 9.56. The minimum atomic E-state index is -3.01. The van der Waals surface area contributed by atoms with E-state index in [4.69, 9.17) is 4.74 Å². The Morgan fingerprint density at radius 1 is 1.21 bits per heavy atom. The molecule has 0 saturated carbocycles. The number of fused-ring (bicyclic) bond motifs is 2. The molecule has 29 heavy (non-hydrogen) atoms. The van der Waals surface area contributed by atoms with Crippen molar-refractivity contribution in [1.82, 2.24) is 24.8 Å². The molecule has 4 heterocycles. The number of nitrogens with one attached hydrogen (secondary N) is 2. The molecule has 0 unspecified atom stereocenters. The number of alkyl halides is 2. The van der Waals surface area contributed by atoms with Gasteiger partial charge in [0.1, 0.15) is 5.69 Å². The maximum atomic E-state index is 15.2. The fourth-order valence-corrected chi connectivity index (χ4v) is 3.84. The number of pyridine rings is 1. The van der Waals surface area contributed by atoms with Crippen molar-refractivity contribution in [1.29, 1.82) is 0 Å². The van der Waals surface area contributed by atoms with E-state index in [-0.39, 0.29) is 11.6 Å². The molecule has 0 spiro atoms. The lowest BCUT2D eigenvalue weighted by Gasteiger charge is -2.30. The van der Waals surface area contributed by atoms with Crippen molar-refractivity contribution in [2.75, 3.05) is 18.5 Å². The van der Waals surface area contributed by atoms with Gasteiger partial charge in [0.15, 0.2) is 5.65 Å². The van der Waals surface area contributed by atoms with Crippen LogP contribution in [0.1, 0.15) is 24.2 Å². The summed E-state index contributed by atoms with van der Waals surface area (Å²) in [5.41, 5.74) is 2.76. The zero-order chi connectivity index (χ0) is 20.0. The van der Waals surface area contributed by atoms with Crippen molar-refractivity contribution < 1.29 is 13.5 Å². The number of aryl methyl sites for hydroxylation is 1. The number of H-pyrrole nitrogens is 1. The Morgan fingerprint density at radius 3 is 2.86 bits per heavy atom. The molecule has 3 aromatic heterocycles. The standard InChI is InChI=1S/C20H20F2N6O/c1-12-15-6-5-14(11-16(15)26-25-12)23-19-24-18-4-2-3-17(28(18)27-19)20(21,22)13-7-9-29-10-8-13/h2-6,11,13H,7-10H2,1H3,(H,23,27)(H,25,26). The lowest BCUT2D eigenvalue weighted by molar-refractivity contribution is -0.106. The molecule has 1 aliphatic rings. The molecule has 0 radical (unpaired) electrons. The van der Waals surface area contributed by atoms with Gasteiger partial charge in [-0.1, -0.05) is 6.07 Å². The highest BCUT2D eigenvalue weighted by Gasteiger charge is 2.44. The van der Waals surface area contributed by atoms with Crippen molar-refractivity contribution >= 4 is 28.2 Å². The summed E-state index contributed by atoms with van der Waals surface area (Å²) in [4.78, 5) is 4.37. The zero-order valence-electron chi connectivity index (χ0n) is 15.8. The average molecular weight is 398 g/mol. The van der Waals surface area contributed by atoms with Gasteiger partial charge in [-0.25, -0.2) is 4.52 Å². The van der Waals surface area contributed by atoms with Crippen LogP contribution in [0.3, 0.4) is 0 Å². The van der Waals surface area contributed by atoms with E-state index in [1.807, 2.05) is 25.1 Å². The van der Waals surface area contributed by atoms with Crippen LogP contribution in [0, 0.1) is 12.8 Å². The van der Waals surface area contributed by atoms with Gasteiger partial charge in [-0.15, -0.1) is 5.10 Å². The summed E-state index contributed by atoms with van der Waals surface area (Å²) in [5, 5.41) is 15.6. The van der Waals surface area contributed by atoms with Crippen LogP contribution in [-0.2, 0) is 10.7 Å². The molecule has 4 aromatic rings. The van der Waals surface area contributed by atoms with E-state index in [1.165, 1.54) is 10.6 Å². The fourth-order valence-electron chi connectivity index (χ4n) is 3.84. The number of anilines is 2. The quantitative estimate of drug-likeness (QED) is 0.539. The molecule has 9 heteroatoms. The van der Waals surface area contributed by atoms with Crippen LogP contribution in [0.5, 0.6) is 0 Å². The SMILES string of the molecule is Cc1n[nH]c2cc(Nc3nc4cccc(C(F)(F)C5CCOCC5)n4n3)ccc12. The number of benzene rings is 1. The first-order chi connectivity index (χ1) is 14.0. The number of ether oxygens (including phenoxy) is 1. The first kappa shape index (κ1) is 18.0. The smallest absolute Gasteiger partial charge is 0.292 e. The van der Waals surface area contributed by atoms with Crippen molar-refractivity contribution in [2.24, 2.45) is 5.92 Å². The van der Waals surface area contributed by atoms with Gasteiger partial charge < -0.3 is 10.1 Å². The Kier molecular flexibility index (Phi) is 4.20. The van der Waals surface area contributed by atoms with Crippen LogP contribution < -0.4 is 5.32 Å². The summed E-state index contributed by atoms with van der Waals surface area (Å²) >= 11 is 0. The van der Waals surface area contributed by atoms with Crippen molar-refractivity contribution in [3.05, 3.63) is 47.8 Å². The van der Waals surface area contributed by atoms with Crippen LogP contribution >= 0.6 is 0 Å². The lowest BCUT2D eigenvalue weighted by atomic mass is 9.90. The van der Waals surface area contributed by atoms with Crippen LogP contribution in [0.4, 0.5) is 20.4 Å². The summed E-state index contributed by atoms with van der Waals surface area (Å²) in [7, 11) is 0. The molecular weight excluding hydrogens is 378 g/mol. The number of nitrogens with zero attached hydrogens (tertiary/aromatic N) is 4. The Labute approximate surface area is 165 Å². The minimum absolute atomic E-state index is 0.151. The van der Waals surface area contributed by atoms with E-state index < -0.39 is 11.8 Å². The number of halogens is 2. The van der Waals surface area contributed by atoms with Crippen molar-refractivity contribution in [2.45, 2.75) is 25.7 Å².